The van der Waals surface area contributed by atoms with E-state index in [-0.39, 0.29) is 47.8 Å². The highest BCUT2D eigenvalue weighted by atomic mass is 16.5. The minimum atomic E-state index is -0.376. The van der Waals surface area contributed by atoms with Gasteiger partial charge in [-0.1, -0.05) is 0 Å². The van der Waals surface area contributed by atoms with Crippen molar-refractivity contribution in [3.8, 4) is 0 Å². The maximum Gasteiger partial charge on any atom is 0.240 e. The predicted octanol–water partition coefficient (Wildman–Crippen LogP) is 0.288. The van der Waals surface area contributed by atoms with Gasteiger partial charge < -0.3 is 9.64 Å². The lowest BCUT2D eigenvalue weighted by Crippen LogP contribution is -2.67. The highest BCUT2D eigenvalue weighted by Crippen LogP contribution is 2.40. The summed E-state index contributed by atoms with van der Waals surface area (Å²) in [6.45, 7) is 3.51. The van der Waals surface area contributed by atoms with Crippen LogP contribution in [-0.4, -0.2) is 66.6 Å². The van der Waals surface area contributed by atoms with Crippen LogP contribution in [0.4, 0.5) is 0 Å². The zero-order chi connectivity index (χ0) is 16.3. The number of carbonyl (C=O) groups excluding carboxylic acids is 3. The minimum Gasteiger partial charge on any atom is -0.492 e. The molecule has 118 valence electrons. The first-order chi connectivity index (χ1) is 10.3. The Kier molecular flexibility index (Phi) is 3.25. The Morgan fingerprint density at radius 2 is 1.77 bits per heavy atom. The number of methoxy groups -OCH3 is 1. The summed E-state index contributed by atoms with van der Waals surface area (Å²) in [5, 5.41) is 0. The third-order valence-corrected chi connectivity index (χ3v) is 5.26. The summed E-state index contributed by atoms with van der Waals surface area (Å²) in [5.41, 5.74) is 1.32. The van der Waals surface area contributed by atoms with Crippen molar-refractivity contribution in [2.24, 2.45) is 0 Å². The fraction of sp³-hybridized carbons (Fsp3) is 0.562. The van der Waals surface area contributed by atoms with Crippen LogP contribution < -0.4 is 0 Å². The van der Waals surface area contributed by atoms with Crippen LogP contribution >= 0.6 is 0 Å². The van der Waals surface area contributed by atoms with Gasteiger partial charge in [0, 0.05) is 36.2 Å². The predicted molar refractivity (Wildman–Crippen MR) is 78.9 cm³/mol. The Hall–Kier alpha value is -1.95. The fourth-order valence-corrected chi connectivity index (χ4v) is 3.87. The van der Waals surface area contributed by atoms with Crippen molar-refractivity contribution in [3.05, 3.63) is 22.5 Å². The molecule has 0 aromatic carbocycles. The second-order valence-electron chi connectivity index (χ2n) is 6.23. The number of allylic oxidation sites excluding steroid dienone is 2. The molecular weight excluding hydrogens is 284 g/mol. The Bertz CT molecular complexity index is 661. The lowest BCUT2D eigenvalue weighted by molar-refractivity contribution is -0.147. The fourth-order valence-electron chi connectivity index (χ4n) is 3.87. The van der Waals surface area contributed by atoms with Gasteiger partial charge in [-0.15, -0.1) is 0 Å². The smallest absolute Gasteiger partial charge is 0.240 e. The van der Waals surface area contributed by atoms with E-state index in [1.165, 1.54) is 7.11 Å². The largest absolute Gasteiger partial charge is 0.492 e. The van der Waals surface area contributed by atoms with Gasteiger partial charge in [0.05, 0.1) is 19.2 Å². The highest BCUT2D eigenvalue weighted by Gasteiger charge is 2.52. The van der Waals surface area contributed by atoms with E-state index < -0.39 is 0 Å². The van der Waals surface area contributed by atoms with Gasteiger partial charge in [0.25, 0.3) is 0 Å². The van der Waals surface area contributed by atoms with Crippen molar-refractivity contribution < 1.29 is 19.1 Å². The second kappa shape index (κ2) is 4.78. The normalized spacial score (nSPS) is 32.7. The number of rotatable bonds is 1. The average Bonchev–Trinajstić information content (AvgIpc) is 2.49. The first kappa shape index (κ1) is 15.0. The van der Waals surface area contributed by atoms with Gasteiger partial charge in [-0.05, 0) is 20.9 Å². The molecule has 0 N–H and O–H groups in total. The molecule has 3 atom stereocenters. The standard InChI is InChI=1S/C16H20N2O4/c1-7-13(19)9-6-10-16(21)17(3)8(2)12(18(10)4)11(9)14(20)15(7)22-5/h8,10,12H,6H2,1-5H3/t8-,10+,12+/m1/s1. The van der Waals surface area contributed by atoms with E-state index in [9.17, 15) is 14.4 Å². The van der Waals surface area contributed by atoms with Gasteiger partial charge in [0.15, 0.2) is 11.5 Å². The van der Waals surface area contributed by atoms with E-state index >= 15 is 0 Å². The van der Waals surface area contributed by atoms with Crippen molar-refractivity contribution in [3.63, 3.8) is 0 Å². The number of piperazine rings is 1. The number of ketones is 2. The van der Waals surface area contributed by atoms with Crippen LogP contribution in [0.15, 0.2) is 22.5 Å². The van der Waals surface area contributed by atoms with Crippen molar-refractivity contribution in [2.45, 2.75) is 38.4 Å². The number of hydrogen-bond donors (Lipinski definition) is 0. The van der Waals surface area contributed by atoms with Crippen LogP contribution in [0, 0.1) is 0 Å². The van der Waals surface area contributed by atoms with E-state index in [0.29, 0.717) is 16.7 Å². The highest BCUT2D eigenvalue weighted by molar-refractivity contribution is 6.25. The topological polar surface area (TPSA) is 66.9 Å². The minimum absolute atomic E-state index is 0.00257. The quantitative estimate of drug-likeness (QED) is 0.651. The SMILES string of the molecule is COC1=C(C)C(=O)C2=C(C1=O)[C@@H]1[C@@H](C)N(C)C(=O)[C@H](C2)N1C. The molecule has 0 radical (unpaired) electrons. The van der Waals surface area contributed by atoms with Crippen LogP contribution in [0.3, 0.4) is 0 Å². The van der Waals surface area contributed by atoms with E-state index in [1.54, 1.807) is 18.9 Å². The van der Waals surface area contributed by atoms with Crippen LogP contribution in [0.25, 0.3) is 0 Å². The molecule has 0 aromatic heterocycles. The van der Waals surface area contributed by atoms with Gasteiger partial charge in [-0.3, -0.25) is 19.3 Å². The summed E-state index contributed by atoms with van der Waals surface area (Å²) in [7, 11) is 5.00. The third-order valence-electron chi connectivity index (χ3n) is 5.26. The van der Waals surface area contributed by atoms with E-state index in [1.807, 2.05) is 18.9 Å². The van der Waals surface area contributed by atoms with Crippen LogP contribution in [-0.2, 0) is 19.1 Å². The summed E-state index contributed by atoms with van der Waals surface area (Å²) in [5.74, 6) is -0.266. The maximum absolute atomic E-state index is 12.8. The van der Waals surface area contributed by atoms with Gasteiger partial charge in [-0.2, -0.15) is 0 Å². The van der Waals surface area contributed by atoms with Gasteiger partial charge in [-0.25, -0.2) is 0 Å². The molecule has 2 bridgehead atoms. The summed E-state index contributed by atoms with van der Waals surface area (Å²) in [6.07, 6.45) is 0.289. The molecule has 1 saturated heterocycles. The molecule has 3 rings (SSSR count). The molecule has 0 unspecified atom stereocenters. The number of carbonyl (C=O) groups is 3. The summed E-state index contributed by atoms with van der Waals surface area (Å²) < 4.78 is 5.17. The molecule has 2 aliphatic heterocycles. The molecule has 2 heterocycles. The molecule has 1 aliphatic carbocycles. The van der Waals surface area contributed by atoms with Crippen molar-refractivity contribution in [1.82, 2.24) is 9.80 Å². The molecular formula is C16H20N2O4. The zero-order valence-electron chi connectivity index (χ0n) is 13.5. The maximum atomic E-state index is 12.8. The van der Waals surface area contributed by atoms with Gasteiger partial charge in [0.1, 0.15) is 0 Å². The first-order valence-electron chi connectivity index (χ1n) is 7.37. The van der Waals surface area contributed by atoms with E-state index in [0.717, 1.165) is 0 Å². The second-order valence-corrected chi connectivity index (χ2v) is 6.23. The van der Waals surface area contributed by atoms with Crippen LogP contribution in [0.2, 0.25) is 0 Å². The number of likely N-dealkylation sites (N-methyl/N-ethyl adjacent to an activating group) is 2. The molecule has 0 spiro atoms. The Labute approximate surface area is 129 Å². The number of fused-ring (bicyclic) bond motifs is 3. The zero-order valence-corrected chi connectivity index (χ0v) is 13.5. The van der Waals surface area contributed by atoms with Gasteiger partial charge >= 0.3 is 0 Å². The Morgan fingerprint density at radius 1 is 1.14 bits per heavy atom. The molecule has 1 fully saturated rings. The number of amides is 1. The molecule has 6 heteroatoms. The average molecular weight is 304 g/mol. The number of ether oxygens (including phenoxy) is 1. The monoisotopic (exact) mass is 304 g/mol. The van der Waals surface area contributed by atoms with Crippen LogP contribution in [0.5, 0.6) is 0 Å². The number of hydrogen-bond acceptors (Lipinski definition) is 5. The number of nitrogens with zero attached hydrogens (tertiary/aromatic N) is 2. The van der Waals surface area contributed by atoms with Crippen LogP contribution in [0.1, 0.15) is 20.3 Å². The Balaban J connectivity index is 2.18. The van der Waals surface area contributed by atoms with Gasteiger partial charge in [0.2, 0.25) is 11.7 Å². The summed E-state index contributed by atoms with van der Waals surface area (Å²) in [4.78, 5) is 41.5. The molecule has 1 amide bonds. The van der Waals surface area contributed by atoms with E-state index in [4.69, 9.17) is 4.74 Å². The van der Waals surface area contributed by atoms with E-state index in [2.05, 4.69) is 0 Å². The third kappa shape index (κ3) is 1.67. The lowest BCUT2D eigenvalue weighted by atomic mass is 9.74. The lowest BCUT2D eigenvalue weighted by Gasteiger charge is -2.51. The summed E-state index contributed by atoms with van der Waals surface area (Å²) in [6, 6.07) is -0.822. The van der Waals surface area contributed by atoms with Crippen molar-refractivity contribution in [1.29, 1.82) is 0 Å². The van der Waals surface area contributed by atoms with Crippen molar-refractivity contribution in [2.75, 3.05) is 21.2 Å². The van der Waals surface area contributed by atoms with Crippen molar-refractivity contribution >= 4 is 17.5 Å². The molecule has 0 saturated carbocycles. The first-order valence-corrected chi connectivity index (χ1v) is 7.37. The number of Topliss-reactive ketones (excluding diaryl/α,β-unsaturated/α-hetero) is 2. The molecule has 0 aromatic rings. The molecule has 6 nitrogen and oxygen atoms in total. The Morgan fingerprint density at radius 3 is 2.36 bits per heavy atom. The summed E-state index contributed by atoms with van der Waals surface area (Å²) >= 11 is 0. The molecule has 3 aliphatic rings. The molecule has 22 heavy (non-hydrogen) atoms.